The van der Waals surface area contributed by atoms with Crippen LogP contribution in [0.2, 0.25) is 5.15 Å². The average molecular weight is 323 g/mol. The smallest absolute Gasteiger partial charge is 0.267 e. The number of carbonyl (C=O) groups is 2. The van der Waals surface area contributed by atoms with E-state index in [1.165, 1.54) is 16.1 Å². The Morgan fingerprint density at radius 1 is 1.32 bits per heavy atom. The highest BCUT2D eigenvalue weighted by atomic mass is 35.5. The Morgan fingerprint density at radius 2 is 1.95 bits per heavy atom. The predicted octanol–water partition coefficient (Wildman–Crippen LogP) is 1.95. The Bertz CT molecular complexity index is 663. The lowest BCUT2D eigenvalue weighted by atomic mass is 10.2. The van der Waals surface area contributed by atoms with Crippen molar-refractivity contribution in [2.45, 2.75) is 20.3 Å². The summed E-state index contributed by atoms with van der Waals surface area (Å²) in [7, 11) is 1.74. The van der Waals surface area contributed by atoms with Gasteiger partial charge in [-0.1, -0.05) is 18.2 Å². The molecule has 118 valence electrons. The highest BCUT2D eigenvalue weighted by molar-refractivity contribution is 6.31. The topological polar surface area (TPSA) is 58.4 Å². The summed E-state index contributed by atoms with van der Waals surface area (Å²) in [4.78, 5) is 24.4. The molecule has 0 aromatic carbocycles. The van der Waals surface area contributed by atoms with Crippen LogP contribution < -0.4 is 0 Å². The van der Waals surface area contributed by atoms with Gasteiger partial charge in [-0.15, -0.1) is 0 Å². The molecule has 0 aliphatic carbocycles. The van der Waals surface area contributed by atoms with Crippen molar-refractivity contribution in [2.24, 2.45) is 7.05 Å². The van der Waals surface area contributed by atoms with E-state index < -0.39 is 0 Å². The largest absolute Gasteiger partial charge is 0.268 e. The van der Waals surface area contributed by atoms with Crippen LogP contribution in [0.5, 0.6) is 0 Å². The third kappa shape index (κ3) is 3.06. The molecule has 1 aliphatic heterocycles. The van der Waals surface area contributed by atoms with Crippen LogP contribution in [0.4, 0.5) is 0 Å². The van der Waals surface area contributed by atoms with E-state index >= 15 is 0 Å². The fourth-order valence-corrected chi connectivity index (χ4v) is 2.59. The third-order valence-electron chi connectivity index (χ3n) is 3.47. The molecule has 1 aromatic rings. The number of carbonyl (C=O) groups excluding carboxylic acids is 2. The van der Waals surface area contributed by atoms with Gasteiger partial charge in [0.2, 0.25) is 0 Å². The number of aromatic nitrogens is 2. The molecule has 2 amide bonds. The number of amides is 2. The van der Waals surface area contributed by atoms with Crippen molar-refractivity contribution in [3.63, 3.8) is 0 Å². The number of nitrogens with zero attached hydrogens (tertiary/aromatic N) is 4. The summed E-state index contributed by atoms with van der Waals surface area (Å²) in [6.45, 7) is 8.14. The molecule has 1 aliphatic rings. The number of aryl methyl sites for hydroxylation is 2. The molecule has 1 fully saturated rings. The standard InChI is InChI=1S/C15H19ClN4O2/c1-10(2)15(22)20-9-5-8-19(20)13(21)7-6-12-11(3)17-18(4)14(12)16/h6-7H,1,5,8-9H2,2-4H3. The maximum absolute atomic E-state index is 12.3. The van der Waals surface area contributed by atoms with Gasteiger partial charge in [0.15, 0.2) is 0 Å². The molecule has 0 atom stereocenters. The van der Waals surface area contributed by atoms with E-state index in [9.17, 15) is 9.59 Å². The van der Waals surface area contributed by atoms with Crippen molar-refractivity contribution >= 4 is 29.5 Å². The molecule has 0 spiro atoms. The monoisotopic (exact) mass is 322 g/mol. The third-order valence-corrected chi connectivity index (χ3v) is 3.92. The Labute approximate surface area is 134 Å². The zero-order valence-electron chi connectivity index (χ0n) is 13.0. The molecule has 7 heteroatoms. The second kappa shape index (κ2) is 6.36. The van der Waals surface area contributed by atoms with Crippen molar-refractivity contribution < 1.29 is 9.59 Å². The minimum atomic E-state index is -0.258. The van der Waals surface area contributed by atoms with E-state index in [4.69, 9.17) is 11.6 Å². The quantitative estimate of drug-likeness (QED) is 0.799. The highest BCUT2D eigenvalue weighted by Gasteiger charge is 2.29. The van der Waals surface area contributed by atoms with E-state index in [-0.39, 0.29) is 11.8 Å². The number of hydrazine groups is 1. The van der Waals surface area contributed by atoms with Crippen molar-refractivity contribution in [3.05, 3.63) is 34.6 Å². The van der Waals surface area contributed by atoms with Gasteiger partial charge in [-0.3, -0.25) is 14.3 Å². The Kier molecular flexibility index (Phi) is 4.71. The van der Waals surface area contributed by atoms with Crippen LogP contribution in [0.25, 0.3) is 6.08 Å². The first kappa shape index (κ1) is 16.3. The Balaban J connectivity index is 2.16. The SMILES string of the molecule is C=C(C)C(=O)N1CCCN1C(=O)C=Cc1c(C)nn(C)c1Cl. The lowest BCUT2D eigenvalue weighted by Crippen LogP contribution is -2.44. The van der Waals surface area contributed by atoms with Crippen LogP contribution in [0.3, 0.4) is 0 Å². The molecule has 1 saturated heterocycles. The average Bonchev–Trinajstić information content (AvgIpc) is 3.02. The fraction of sp³-hybridized carbons (Fsp3) is 0.400. The first-order valence-electron chi connectivity index (χ1n) is 6.99. The zero-order valence-corrected chi connectivity index (χ0v) is 13.7. The van der Waals surface area contributed by atoms with Crippen LogP contribution >= 0.6 is 11.6 Å². The van der Waals surface area contributed by atoms with Gasteiger partial charge in [0.1, 0.15) is 5.15 Å². The Hall–Kier alpha value is -2.08. The number of rotatable bonds is 3. The molecule has 0 unspecified atom stereocenters. The first-order chi connectivity index (χ1) is 10.3. The van der Waals surface area contributed by atoms with Gasteiger partial charge in [-0.2, -0.15) is 5.10 Å². The molecule has 2 rings (SSSR count). The molecule has 0 saturated carbocycles. The maximum Gasteiger partial charge on any atom is 0.267 e. The number of hydrogen-bond donors (Lipinski definition) is 0. The molecule has 2 heterocycles. The first-order valence-corrected chi connectivity index (χ1v) is 7.36. The predicted molar refractivity (Wildman–Crippen MR) is 84.8 cm³/mol. The normalized spacial score (nSPS) is 14.9. The summed E-state index contributed by atoms with van der Waals surface area (Å²) in [5.74, 6) is -0.485. The van der Waals surface area contributed by atoms with E-state index in [0.29, 0.717) is 29.4 Å². The molecular weight excluding hydrogens is 304 g/mol. The zero-order chi connectivity index (χ0) is 16.4. The summed E-state index contributed by atoms with van der Waals surface area (Å²) in [6.07, 6.45) is 3.81. The van der Waals surface area contributed by atoms with Gasteiger partial charge in [-0.05, 0) is 26.3 Å². The number of hydrogen-bond acceptors (Lipinski definition) is 3. The van der Waals surface area contributed by atoms with E-state index in [0.717, 1.165) is 12.1 Å². The summed E-state index contributed by atoms with van der Waals surface area (Å²) in [5.41, 5.74) is 1.86. The molecule has 0 N–H and O–H groups in total. The lowest BCUT2D eigenvalue weighted by molar-refractivity contribution is -0.151. The lowest BCUT2D eigenvalue weighted by Gasteiger charge is -2.26. The van der Waals surface area contributed by atoms with E-state index in [1.807, 2.05) is 6.92 Å². The van der Waals surface area contributed by atoms with Gasteiger partial charge >= 0.3 is 0 Å². The van der Waals surface area contributed by atoms with Crippen molar-refractivity contribution in [1.29, 1.82) is 0 Å². The number of halogens is 1. The van der Waals surface area contributed by atoms with Crippen LogP contribution in [-0.4, -0.2) is 44.7 Å². The molecule has 22 heavy (non-hydrogen) atoms. The summed E-state index contributed by atoms with van der Waals surface area (Å²) >= 11 is 6.13. The summed E-state index contributed by atoms with van der Waals surface area (Å²) in [5, 5.41) is 7.53. The molecule has 6 nitrogen and oxygen atoms in total. The van der Waals surface area contributed by atoms with E-state index in [2.05, 4.69) is 11.7 Å². The van der Waals surface area contributed by atoms with Gasteiger partial charge < -0.3 is 0 Å². The van der Waals surface area contributed by atoms with E-state index in [1.54, 1.807) is 24.7 Å². The van der Waals surface area contributed by atoms with Crippen LogP contribution in [0.1, 0.15) is 24.6 Å². The van der Waals surface area contributed by atoms with Gasteiger partial charge in [0, 0.05) is 37.3 Å². The second-order valence-electron chi connectivity index (χ2n) is 5.27. The minimum absolute atomic E-state index is 0.227. The van der Waals surface area contributed by atoms with Crippen molar-refractivity contribution in [2.75, 3.05) is 13.1 Å². The summed E-state index contributed by atoms with van der Waals surface area (Å²) < 4.78 is 1.55. The second-order valence-corrected chi connectivity index (χ2v) is 5.63. The molecule has 0 bridgehead atoms. The van der Waals surface area contributed by atoms with Crippen LogP contribution in [-0.2, 0) is 16.6 Å². The Morgan fingerprint density at radius 3 is 2.50 bits per heavy atom. The highest BCUT2D eigenvalue weighted by Crippen LogP contribution is 2.21. The summed E-state index contributed by atoms with van der Waals surface area (Å²) in [6, 6.07) is 0. The van der Waals surface area contributed by atoms with Gasteiger partial charge in [0.05, 0.1) is 5.69 Å². The fourth-order valence-electron chi connectivity index (χ4n) is 2.35. The molecular formula is C15H19ClN4O2. The maximum atomic E-state index is 12.3. The van der Waals surface area contributed by atoms with Crippen LogP contribution in [0.15, 0.2) is 18.2 Å². The van der Waals surface area contributed by atoms with Crippen molar-refractivity contribution in [3.8, 4) is 0 Å². The minimum Gasteiger partial charge on any atom is -0.268 e. The molecule has 0 radical (unpaired) electrons. The van der Waals surface area contributed by atoms with Gasteiger partial charge in [-0.25, -0.2) is 10.0 Å². The molecule has 1 aromatic heterocycles. The van der Waals surface area contributed by atoms with Crippen molar-refractivity contribution in [1.82, 2.24) is 19.8 Å². The van der Waals surface area contributed by atoms with Crippen LogP contribution in [0, 0.1) is 6.92 Å². The van der Waals surface area contributed by atoms with Gasteiger partial charge in [0.25, 0.3) is 11.8 Å².